The zero-order valence-electron chi connectivity index (χ0n) is 10.6. The Hall–Kier alpha value is -0.610. The number of likely N-dealkylation sites (N-methyl/N-ethyl adjacent to an activating group) is 1. The molecule has 1 unspecified atom stereocenters. The molecular weight excluding hydrogens is 278 g/mol. The third-order valence-corrected chi connectivity index (χ3v) is 4.04. The molecule has 1 fully saturated rings. The number of anilines is 1. The molecule has 0 N–H and O–H groups in total. The quantitative estimate of drug-likeness (QED) is 0.837. The van der Waals surface area contributed by atoms with E-state index in [0.717, 1.165) is 17.6 Å². The van der Waals surface area contributed by atoms with Gasteiger partial charge < -0.3 is 9.80 Å². The fourth-order valence-electron chi connectivity index (χ4n) is 2.51. The van der Waals surface area contributed by atoms with Gasteiger partial charge in [-0.05, 0) is 48.4 Å². The van der Waals surface area contributed by atoms with Crippen molar-refractivity contribution in [2.24, 2.45) is 0 Å². The van der Waals surface area contributed by atoms with Crippen molar-refractivity contribution in [3.8, 4) is 0 Å². The summed E-state index contributed by atoms with van der Waals surface area (Å²) in [4.78, 5) is 9.10. The van der Waals surface area contributed by atoms with Crippen LogP contribution in [0.5, 0.6) is 0 Å². The molecule has 0 spiro atoms. The standard InChI is InChI=1S/C13H20BrN3/c1-3-11-10-16(2)7-4-8-17(11)13-5-6-15-9-12(13)14/h5-6,9,11H,3-4,7-8,10H2,1-2H3. The van der Waals surface area contributed by atoms with Crippen LogP contribution in [0.2, 0.25) is 0 Å². The lowest BCUT2D eigenvalue weighted by Crippen LogP contribution is -2.40. The van der Waals surface area contributed by atoms with Gasteiger partial charge in [-0.3, -0.25) is 4.98 Å². The van der Waals surface area contributed by atoms with E-state index in [4.69, 9.17) is 0 Å². The Morgan fingerprint density at radius 2 is 2.29 bits per heavy atom. The van der Waals surface area contributed by atoms with Crippen molar-refractivity contribution in [1.29, 1.82) is 0 Å². The second kappa shape index (κ2) is 5.83. The number of hydrogen-bond donors (Lipinski definition) is 0. The van der Waals surface area contributed by atoms with E-state index >= 15 is 0 Å². The molecule has 0 amide bonds. The Balaban J connectivity index is 2.25. The summed E-state index contributed by atoms with van der Waals surface area (Å²) in [6.45, 7) is 5.73. The minimum Gasteiger partial charge on any atom is -0.366 e. The predicted octanol–water partition coefficient (Wildman–Crippen LogP) is 2.76. The third kappa shape index (κ3) is 2.99. The van der Waals surface area contributed by atoms with Crippen LogP contribution >= 0.6 is 15.9 Å². The monoisotopic (exact) mass is 297 g/mol. The number of rotatable bonds is 2. The van der Waals surface area contributed by atoms with Gasteiger partial charge in [-0.1, -0.05) is 6.92 Å². The third-order valence-electron chi connectivity index (χ3n) is 3.43. The minimum absolute atomic E-state index is 0.598. The van der Waals surface area contributed by atoms with Gasteiger partial charge >= 0.3 is 0 Å². The van der Waals surface area contributed by atoms with Crippen LogP contribution in [-0.2, 0) is 0 Å². The number of aromatic nitrogens is 1. The van der Waals surface area contributed by atoms with Crippen LogP contribution in [0.3, 0.4) is 0 Å². The van der Waals surface area contributed by atoms with Crippen molar-refractivity contribution < 1.29 is 0 Å². The van der Waals surface area contributed by atoms with Crippen LogP contribution in [0.4, 0.5) is 5.69 Å². The van der Waals surface area contributed by atoms with Gasteiger partial charge in [0.05, 0.1) is 10.2 Å². The van der Waals surface area contributed by atoms with Crippen LogP contribution in [0.25, 0.3) is 0 Å². The molecule has 1 saturated heterocycles. The molecular formula is C13H20BrN3. The molecule has 1 aliphatic heterocycles. The van der Waals surface area contributed by atoms with Crippen molar-refractivity contribution in [3.05, 3.63) is 22.9 Å². The molecule has 4 heteroatoms. The van der Waals surface area contributed by atoms with Gasteiger partial charge in [-0.25, -0.2) is 0 Å². The lowest BCUT2D eigenvalue weighted by molar-refractivity contribution is 0.328. The summed E-state index contributed by atoms with van der Waals surface area (Å²) in [7, 11) is 2.22. The molecule has 1 aliphatic rings. The highest BCUT2D eigenvalue weighted by molar-refractivity contribution is 9.10. The first-order valence-electron chi connectivity index (χ1n) is 6.27. The average molecular weight is 298 g/mol. The van der Waals surface area contributed by atoms with E-state index < -0.39 is 0 Å². The minimum atomic E-state index is 0.598. The van der Waals surface area contributed by atoms with Crippen molar-refractivity contribution in [2.75, 3.05) is 31.6 Å². The van der Waals surface area contributed by atoms with Crippen LogP contribution < -0.4 is 4.90 Å². The lowest BCUT2D eigenvalue weighted by Gasteiger charge is -2.32. The van der Waals surface area contributed by atoms with Gasteiger partial charge in [-0.15, -0.1) is 0 Å². The Morgan fingerprint density at radius 1 is 1.47 bits per heavy atom. The van der Waals surface area contributed by atoms with Gasteiger partial charge in [0.1, 0.15) is 0 Å². The van der Waals surface area contributed by atoms with Crippen LogP contribution in [0.15, 0.2) is 22.9 Å². The van der Waals surface area contributed by atoms with Crippen LogP contribution in [0, 0.1) is 0 Å². The first kappa shape index (κ1) is 12.8. The number of pyridine rings is 1. The second-order valence-corrected chi connectivity index (χ2v) is 5.55. The maximum absolute atomic E-state index is 4.15. The average Bonchev–Trinajstić information content (AvgIpc) is 2.51. The van der Waals surface area contributed by atoms with E-state index in [9.17, 15) is 0 Å². The van der Waals surface area contributed by atoms with E-state index in [1.54, 1.807) is 0 Å². The molecule has 1 aromatic heterocycles. The van der Waals surface area contributed by atoms with Crippen LogP contribution in [0.1, 0.15) is 19.8 Å². The molecule has 0 bridgehead atoms. The highest BCUT2D eigenvalue weighted by atomic mass is 79.9. The highest BCUT2D eigenvalue weighted by Gasteiger charge is 2.23. The predicted molar refractivity (Wildman–Crippen MR) is 75.5 cm³/mol. The molecule has 1 aromatic rings. The molecule has 1 atom stereocenters. The second-order valence-electron chi connectivity index (χ2n) is 4.70. The topological polar surface area (TPSA) is 19.4 Å². The molecule has 2 heterocycles. The van der Waals surface area contributed by atoms with E-state index in [2.05, 4.69) is 50.8 Å². The molecule has 0 radical (unpaired) electrons. The van der Waals surface area contributed by atoms with E-state index in [1.807, 2.05) is 12.4 Å². The Bertz CT molecular complexity index is 369. The molecule has 0 saturated carbocycles. The van der Waals surface area contributed by atoms with Crippen molar-refractivity contribution in [3.63, 3.8) is 0 Å². The maximum Gasteiger partial charge on any atom is 0.0592 e. The zero-order valence-corrected chi connectivity index (χ0v) is 12.2. The van der Waals surface area contributed by atoms with Gasteiger partial charge in [0.2, 0.25) is 0 Å². The van der Waals surface area contributed by atoms with Crippen molar-refractivity contribution in [1.82, 2.24) is 9.88 Å². The fourth-order valence-corrected chi connectivity index (χ4v) is 2.99. The van der Waals surface area contributed by atoms with Crippen molar-refractivity contribution in [2.45, 2.75) is 25.8 Å². The van der Waals surface area contributed by atoms with Gasteiger partial charge in [0.25, 0.3) is 0 Å². The maximum atomic E-state index is 4.15. The number of nitrogens with zero attached hydrogens (tertiary/aromatic N) is 3. The van der Waals surface area contributed by atoms with Gasteiger partial charge in [-0.2, -0.15) is 0 Å². The molecule has 0 aromatic carbocycles. The summed E-state index contributed by atoms with van der Waals surface area (Å²) in [6.07, 6.45) is 6.17. The van der Waals surface area contributed by atoms with Gasteiger partial charge in [0.15, 0.2) is 0 Å². The van der Waals surface area contributed by atoms with E-state index in [1.165, 1.54) is 25.1 Å². The molecule has 3 nitrogen and oxygen atoms in total. The van der Waals surface area contributed by atoms with Crippen molar-refractivity contribution >= 4 is 21.6 Å². The molecule has 94 valence electrons. The zero-order chi connectivity index (χ0) is 12.3. The Kier molecular flexibility index (Phi) is 4.40. The Labute approximate surface area is 112 Å². The van der Waals surface area contributed by atoms with E-state index in [0.29, 0.717) is 6.04 Å². The summed E-state index contributed by atoms with van der Waals surface area (Å²) in [5, 5.41) is 0. The first-order valence-corrected chi connectivity index (χ1v) is 7.06. The van der Waals surface area contributed by atoms with Crippen LogP contribution in [-0.4, -0.2) is 42.6 Å². The molecule has 2 rings (SSSR count). The largest absolute Gasteiger partial charge is 0.366 e. The summed E-state index contributed by atoms with van der Waals surface area (Å²) in [5.74, 6) is 0. The number of halogens is 1. The molecule has 0 aliphatic carbocycles. The van der Waals surface area contributed by atoms with E-state index in [-0.39, 0.29) is 0 Å². The van der Waals surface area contributed by atoms with Gasteiger partial charge in [0, 0.05) is 31.5 Å². The Morgan fingerprint density at radius 3 is 3.00 bits per heavy atom. The first-order chi connectivity index (χ1) is 8.22. The molecule has 17 heavy (non-hydrogen) atoms. The lowest BCUT2D eigenvalue weighted by atomic mass is 10.1. The normalized spacial score (nSPS) is 22.5. The highest BCUT2D eigenvalue weighted by Crippen LogP contribution is 2.28. The number of hydrogen-bond acceptors (Lipinski definition) is 3. The smallest absolute Gasteiger partial charge is 0.0592 e. The SMILES string of the molecule is CCC1CN(C)CCCN1c1ccncc1Br. The fraction of sp³-hybridized carbons (Fsp3) is 0.615. The summed E-state index contributed by atoms with van der Waals surface area (Å²) in [6, 6.07) is 2.71. The summed E-state index contributed by atoms with van der Waals surface area (Å²) >= 11 is 3.61. The summed E-state index contributed by atoms with van der Waals surface area (Å²) in [5.41, 5.74) is 1.28. The summed E-state index contributed by atoms with van der Waals surface area (Å²) < 4.78 is 1.10.